The van der Waals surface area contributed by atoms with Gasteiger partial charge in [0.05, 0.1) is 0 Å². The summed E-state index contributed by atoms with van der Waals surface area (Å²) in [6, 6.07) is 16.3. The third-order valence-corrected chi connectivity index (χ3v) is 4.76. The largest absolute Gasteiger partial charge is 0.356 e. The fraction of sp³-hybridized carbons (Fsp3) is 0.316. The molecule has 0 aliphatic heterocycles. The van der Waals surface area contributed by atoms with E-state index >= 15 is 0 Å². The molecule has 2 rings (SSSR count). The lowest BCUT2D eigenvalue weighted by Gasteiger charge is -2.06. The molecule has 0 saturated heterocycles. The molecule has 0 saturated carbocycles. The van der Waals surface area contributed by atoms with Crippen LogP contribution in [-0.2, 0) is 11.2 Å². The Labute approximate surface area is 147 Å². The standard InChI is InChI=1S/C19H22ClNOS/c1-15-4-6-16(7-5-15)3-2-13-21-19(22)12-14-23-18-10-8-17(20)9-11-18/h4-11H,2-3,12-14H2,1H3,(H,21,22). The van der Waals surface area contributed by atoms with Crippen molar-refractivity contribution in [2.45, 2.75) is 31.1 Å². The highest BCUT2D eigenvalue weighted by molar-refractivity contribution is 7.99. The minimum Gasteiger partial charge on any atom is -0.356 e. The Morgan fingerprint density at radius 2 is 1.78 bits per heavy atom. The van der Waals surface area contributed by atoms with Crippen molar-refractivity contribution in [3.05, 3.63) is 64.7 Å². The van der Waals surface area contributed by atoms with E-state index in [4.69, 9.17) is 11.6 Å². The van der Waals surface area contributed by atoms with Gasteiger partial charge in [-0.2, -0.15) is 0 Å². The van der Waals surface area contributed by atoms with Crippen molar-refractivity contribution < 1.29 is 4.79 Å². The average molecular weight is 348 g/mol. The Morgan fingerprint density at radius 1 is 1.09 bits per heavy atom. The van der Waals surface area contributed by atoms with E-state index < -0.39 is 0 Å². The molecule has 1 amide bonds. The molecule has 0 spiro atoms. The van der Waals surface area contributed by atoms with Gasteiger partial charge >= 0.3 is 0 Å². The first kappa shape index (κ1) is 17.9. The van der Waals surface area contributed by atoms with Crippen LogP contribution in [0.2, 0.25) is 5.02 Å². The Balaban J connectivity index is 1.56. The lowest BCUT2D eigenvalue weighted by atomic mass is 10.1. The van der Waals surface area contributed by atoms with Gasteiger partial charge in [-0.25, -0.2) is 0 Å². The molecule has 0 aliphatic rings. The number of hydrogen-bond acceptors (Lipinski definition) is 2. The normalized spacial score (nSPS) is 10.5. The van der Waals surface area contributed by atoms with Gasteiger partial charge in [-0.1, -0.05) is 41.4 Å². The van der Waals surface area contributed by atoms with E-state index in [0.29, 0.717) is 6.42 Å². The zero-order chi connectivity index (χ0) is 16.5. The molecule has 1 N–H and O–H groups in total. The van der Waals surface area contributed by atoms with Crippen LogP contribution in [0.15, 0.2) is 53.4 Å². The van der Waals surface area contributed by atoms with Crippen LogP contribution in [0.25, 0.3) is 0 Å². The quantitative estimate of drug-likeness (QED) is 0.544. The molecule has 2 aromatic carbocycles. The van der Waals surface area contributed by atoms with Gasteiger partial charge in [-0.05, 0) is 49.6 Å². The summed E-state index contributed by atoms with van der Waals surface area (Å²) < 4.78 is 0. The highest BCUT2D eigenvalue weighted by atomic mass is 35.5. The number of rotatable bonds is 8. The van der Waals surface area contributed by atoms with Crippen molar-refractivity contribution in [3.8, 4) is 0 Å². The molecule has 0 aromatic heterocycles. The monoisotopic (exact) mass is 347 g/mol. The van der Waals surface area contributed by atoms with Gasteiger partial charge in [0.15, 0.2) is 0 Å². The second kappa shape index (κ2) is 9.64. The molecule has 0 heterocycles. The number of halogens is 1. The summed E-state index contributed by atoms with van der Waals surface area (Å²) in [6.45, 7) is 2.82. The van der Waals surface area contributed by atoms with Crippen molar-refractivity contribution in [2.24, 2.45) is 0 Å². The van der Waals surface area contributed by atoms with Crippen LogP contribution in [0, 0.1) is 6.92 Å². The van der Waals surface area contributed by atoms with E-state index in [-0.39, 0.29) is 5.91 Å². The van der Waals surface area contributed by atoms with E-state index in [2.05, 4.69) is 36.5 Å². The van der Waals surface area contributed by atoms with Crippen molar-refractivity contribution in [3.63, 3.8) is 0 Å². The van der Waals surface area contributed by atoms with Gasteiger partial charge in [0.1, 0.15) is 0 Å². The molecule has 4 heteroatoms. The van der Waals surface area contributed by atoms with Crippen molar-refractivity contribution in [1.82, 2.24) is 5.32 Å². The molecule has 2 nitrogen and oxygen atoms in total. The lowest BCUT2D eigenvalue weighted by Crippen LogP contribution is -2.24. The fourth-order valence-electron chi connectivity index (χ4n) is 2.16. The Bertz CT molecular complexity index is 610. The molecule has 0 unspecified atom stereocenters. The van der Waals surface area contributed by atoms with Gasteiger partial charge in [0.25, 0.3) is 0 Å². The predicted molar refractivity (Wildman–Crippen MR) is 99.3 cm³/mol. The van der Waals surface area contributed by atoms with Crippen molar-refractivity contribution >= 4 is 29.3 Å². The third kappa shape index (κ3) is 7.10. The molecule has 2 aromatic rings. The third-order valence-electron chi connectivity index (χ3n) is 3.50. The first-order chi connectivity index (χ1) is 11.1. The summed E-state index contributed by atoms with van der Waals surface area (Å²) in [5, 5.41) is 3.72. The highest BCUT2D eigenvalue weighted by Gasteiger charge is 2.02. The van der Waals surface area contributed by atoms with Gasteiger partial charge in [0, 0.05) is 28.6 Å². The van der Waals surface area contributed by atoms with Gasteiger partial charge in [0.2, 0.25) is 5.91 Å². The van der Waals surface area contributed by atoms with Crippen LogP contribution in [0.4, 0.5) is 0 Å². The second-order valence-corrected chi connectivity index (χ2v) is 7.10. The SMILES string of the molecule is Cc1ccc(CCCNC(=O)CCSc2ccc(Cl)cc2)cc1. The molecule has 23 heavy (non-hydrogen) atoms. The van der Waals surface area contributed by atoms with E-state index in [0.717, 1.165) is 35.1 Å². The Kier molecular flexibility index (Phi) is 7.50. The predicted octanol–water partition coefficient (Wildman–Crippen LogP) is 4.88. The number of hydrogen-bond donors (Lipinski definition) is 1. The molecule has 0 fully saturated rings. The van der Waals surface area contributed by atoms with E-state index in [1.54, 1.807) is 11.8 Å². The van der Waals surface area contributed by atoms with E-state index in [9.17, 15) is 4.79 Å². The zero-order valence-electron chi connectivity index (χ0n) is 13.3. The maximum atomic E-state index is 11.8. The highest BCUT2D eigenvalue weighted by Crippen LogP contribution is 2.20. The molecule has 0 bridgehead atoms. The van der Waals surface area contributed by atoms with Crippen LogP contribution in [0.5, 0.6) is 0 Å². The van der Waals surface area contributed by atoms with Gasteiger partial charge in [-0.15, -0.1) is 11.8 Å². The first-order valence-corrected chi connectivity index (χ1v) is 9.20. The molecule has 0 aliphatic carbocycles. The molecular weight excluding hydrogens is 326 g/mol. The molecular formula is C19H22ClNOS. The van der Waals surface area contributed by atoms with Crippen molar-refractivity contribution in [2.75, 3.05) is 12.3 Å². The number of carbonyl (C=O) groups excluding carboxylic acids is 1. The van der Waals surface area contributed by atoms with Crippen LogP contribution in [-0.4, -0.2) is 18.2 Å². The molecule has 0 atom stereocenters. The summed E-state index contributed by atoms with van der Waals surface area (Å²) in [4.78, 5) is 12.9. The lowest BCUT2D eigenvalue weighted by molar-refractivity contribution is -0.120. The number of benzene rings is 2. The Hall–Kier alpha value is -1.45. The smallest absolute Gasteiger partial charge is 0.220 e. The number of aryl methyl sites for hydroxylation is 2. The summed E-state index contributed by atoms with van der Waals surface area (Å²) in [6.07, 6.45) is 2.51. The summed E-state index contributed by atoms with van der Waals surface area (Å²) >= 11 is 7.52. The first-order valence-electron chi connectivity index (χ1n) is 7.84. The molecule has 122 valence electrons. The maximum Gasteiger partial charge on any atom is 0.220 e. The summed E-state index contributed by atoms with van der Waals surface area (Å²) in [7, 11) is 0. The zero-order valence-corrected chi connectivity index (χ0v) is 14.9. The van der Waals surface area contributed by atoms with Crippen molar-refractivity contribution in [1.29, 1.82) is 0 Å². The van der Waals surface area contributed by atoms with Crippen LogP contribution in [0.1, 0.15) is 24.0 Å². The van der Waals surface area contributed by atoms with E-state index in [1.807, 2.05) is 24.3 Å². The fourth-order valence-corrected chi connectivity index (χ4v) is 3.13. The number of nitrogens with one attached hydrogen (secondary N) is 1. The summed E-state index contributed by atoms with van der Waals surface area (Å²) in [5.74, 6) is 0.904. The minimum absolute atomic E-state index is 0.121. The summed E-state index contributed by atoms with van der Waals surface area (Å²) in [5.41, 5.74) is 2.60. The Morgan fingerprint density at radius 3 is 2.48 bits per heavy atom. The van der Waals surface area contributed by atoms with Crippen LogP contribution < -0.4 is 5.32 Å². The van der Waals surface area contributed by atoms with Crippen LogP contribution >= 0.6 is 23.4 Å². The van der Waals surface area contributed by atoms with E-state index in [1.165, 1.54) is 11.1 Å². The minimum atomic E-state index is 0.121. The maximum absolute atomic E-state index is 11.8. The number of amides is 1. The average Bonchev–Trinajstić information content (AvgIpc) is 2.55. The van der Waals surface area contributed by atoms with Gasteiger partial charge in [-0.3, -0.25) is 4.79 Å². The number of carbonyl (C=O) groups is 1. The van der Waals surface area contributed by atoms with Crippen LogP contribution in [0.3, 0.4) is 0 Å². The number of thioether (sulfide) groups is 1. The topological polar surface area (TPSA) is 29.1 Å². The molecule has 0 radical (unpaired) electrons. The second-order valence-electron chi connectivity index (χ2n) is 5.49. The van der Waals surface area contributed by atoms with Gasteiger partial charge < -0.3 is 5.32 Å².